The van der Waals surface area contributed by atoms with Gasteiger partial charge < -0.3 is 10.4 Å². The summed E-state index contributed by atoms with van der Waals surface area (Å²) in [6.07, 6.45) is 2.55. The Labute approximate surface area is 142 Å². The summed E-state index contributed by atoms with van der Waals surface area (Å²) in [5, 5.41) is 19.2. The summed E-state index contributed by atoms with van der Waals surface area (Å²) in [7, 11) is 0. The van der Waals surface area contributed by atoms with Gasteiger partial charge in [-0.2, -0.15) is 5.10 Å². The van der Waals surface area contributed by atoms with Crippen LogP contribution in [0.5, 0.6) is 0 Å². The molecule has 1 amide bonds. The van der Waals surface area contributed by atoms with Crippen LogP contribution < -0.4 is 5.32 Å². The first-order chi connectivity index (χ1) is 11.5. The molecule has 2 rings (SSSR count). The third-order valence-electron chi connectivity index (χ3n) is 4.77. The molecular formula is C18H26N4O2. The average molecular weight is 330 g/mol. The fourth-order valence-corrected chi connectivity index (χ4v) is 2.79. The maximum absolute atomic E-state index is 12.4. The molecule has 0 radical (unpaired) electrons. The van der Waals surface area contributed by atoms with E-state index in [1.807, 2.05) is 19.1 Å². The van der Waals surface area contributed by atoms with E-state index >= 15 is 0 Å². The summed E-state index contributed by atoms with van der Waals surface area (Å²) < 4.78 is 0. The Morgan fingerprint density at radius 1 is 1.25 bits per heavy atom. The van der Waals surface area contributed by atoms with Crippen LogP contribution in [0.4, 0.5) is 0 Å². The number of aliphatic hydroxyl groups is 1. The van der Waals surface area contributed by atoms with Gasteiger partial charge in [0.2, 0.25) is 0 Å². The topological polar surface area (TPSA) is 90.9 Å². The highest BCUT2D eigenvalue weighted by molar-refractivity contribution is 5.94. The lowest BCUT2D eigenvalue weighted by Gasteiger charge is -2.31. The van der Waals surface area contributed by atoms with Gasteiger partial charge in [0.1, 0.15) is 5.82 Å². The molecule has 24 heavy (non-hydrogen) atoms. The molecule has 0 spiro atoms. The van der Waals surface area contributed by atoms with E-state index in [1.165, 1.54) is 0 Å². The van der Waals surface area contributed by atoms with E-state index in [2.05, 4.69) is 34.3 Å². The van der Waals surface area contributed by atoms with E-state index in [1.54, 1.807) is 12.1 Å². The van der Waals surface area contributed by atoms with Crippen LogP contribution in [-0.4, -0.2) is 39.3 Å². The second-order valence-electron chi connectivity index (χ2n) is 6.19. The molecule has 0 atom stereocenters. The molecule has 6 nitrogen and oxygen atoms in total. The summed E-state index contributed by atoms with van der Waals surface area (Å²) in [5.41, 5.74) is 1.43. The van der Waals surface area contributed by atoms with Gasteiger partial charge in [-0.1, -0.05) is 26.0 Å². The van der Waals surface area contributed by atoms with E-state index < -0.39 is 0 Å². The van der Waals surface area contributed by atoms with Crippen LogP contribution in [0.1, 0.15) is 49.3 Å². The van der Waals surface area contributed by atoms with Gasteiger partial charge >= 0.3 is 0 Å². The Kier molecular flexibility index (Phi) is 6.09. The minimum atomic E-state index is -0.100. The molecule has 0 saturated heterocycles. The first-order valence-electron chi connectivity index (χ1n) is 8.42. The van der Waals surface area contributed by atoms with Crippen molar-refractivity contribution in [2.45, 2.75) is 40.0 Å². The number of nitrogens with one attached hydrogen (secondary N) is 2. The van der Waals surface area contributed by atoms with Gasteiger partial charge in [0.25, 0.3) is 5.91 Å². The predicted molar refractivity (Wildman–Crippen MR) is 93.6 cm³/mol. The Bertz CT molecular complexity index is 660. The number of H-pyrrole nitrogens is 1. The SMILES string of the molecule is CCC(CC)(CCO)CNC(=O)c1ccc(-c2n[nH]c(C)n2)cc1. The lowest BCUT2D eigenvalue weighted by Crippen LogP contribution is -2.37. The van der Waals surface area contributed by atoms with Crippen LogP contribution in [0, 0.1) is 12.3 Å². The quantitative estimate of drug-likeness (QED) is 0.694. The minimum absolute atomic E-state index is 0.0408. The Morgan fingerprint density at radius 2 is 1.92 bits per heavy atom. The first kappa shape index (κ1) is 18.1. The van der Waals surface area contributed by atoms with E-state index in [4.69, 9.17) is 0 Å². The number of benzene rings is 1. The summed E-state index contributed by atoms with van der Waals surface area (Å²) in [6.45, 7) is 6.75. The van der Waals surface area contributed by atoms with Crippen molar-refractivity contribution in [3.63, 3.8) is 0 Å². The Balaban J connectivity index is 2.02. The molecule has 0 saturated carbocycles. The summed E-state index contributed by atoms with van der Waals surface area (Å²) in [5.74, 6) is 1.28. The normalized spacial score (nSPS) is 11.5. The standard InChI is InChI=1S/C18H26N4O2/c1-4-18(5-2,10-11-23)12-19-17(24)15-8-6-14(7-9-15)16-20-13(3)21-22-16/h6-9,23H,4-5,10-12H2,1-3H3,(H,19,24)(H,20,21,22). The number of carbonyl (C=O) groups is 1. The molecule has 0 bridgehead atoms. The molecule has 1 heterocycles. The number of nitrogens with zero attached hydrogens (tertiary/aromatic N) is 2. The molecule has 3 N–H and O–H groups in total. The number of aliphatic hydroxyl groups excluding tert-OH is 1. The monoisotopic (exact) mass is 330 g/mol. The number of aromatic nitrogens is 3. The van der Waals surface area contributed by atoms with Crippen molar-refractivity contribution in [3.8, 4) is 11.4 Å². The molecule has 1 aromatic carbocycles. The van der Waals surface area contributed by atoms with Crippen molar-refractivity contribution >= 4 is 5.91 Å². The number of amides is 1. The molecule has 1 aromatic heterocycles. The third-order valence-corrected chi connectivity index (χ3v) is 4.77. The molecule has 6 heteroatoms. The molecular weight excluding hydrogens is 304 g/mol. The van der Waals surface area contributed by atoms with Gasteiger partial charge in [0.15, 0.2) is 5.82 Å². The summed E-state index contributed by atoms with van der Waals surface area (Å²) in [4.78, 5) is 16.6. The zero-order valence-corrected chi connectivity index (χ0v) is 14.6. The highest BCUT2D eigenvalue weighted by atomic mass is 16.3. The number of carbonyl (C=O) groups excluding carboxylic acids is 1. The van der Waals surface area contributed by atoms with Crippen LogP contribution in [0.3, 0.4) is 0 Å². The van der Waals surface area contributed by atoms with E-state index in [0.29, 0.717) is 24.4 Å². The number of aromatic amines is 1. The lowest BCUT2D eigenvalue weighted by molar-refractivity contribution is 0.0907. The van der Waals surface area contributed by atoms with Crippen molar-refractivity contribution in [1.82, 2.24) is 20.5 Å². The zero-order chi connectivity index (χ0) is 17.6. The third kappa shape index (κ3) is 4.20. The molecule has 0 unspecified atom stereocenters. The van der Waals surface area contributed by atoms with Gasteiger partial charge in [-0.15, -0.1) is 0 Å². The van der Waals surface area contributed by atoms with E-state index in [0.717, 1.165) is 24.2 Å². The van der Waals surface area contributed by atoms with Gasteiger partial charge in [0.05, 0.1) is 0 Å². The van der Waals surface area contributed by atoms with Crippen LogP contribution in [0.15, 0.2) is 24.3 Å². The first-order valence-corrected chi connectivity index (χ1v) is 8.42. The molecule has 0 fully saturated rings. The molecule has 0 aliphatic rings. The maximum Gasteiger partial charge on any atom is 0.251 e. The van der Waals surface area contributed by atoms with Crippen LogP contribution in [0.25, 0.3) is 11.4 Å². The number of aryl methyl sites for hydroxylation is 1. The van der Waals surface area contributed by atoms with Crippen molar-refractivity contribution in [2.24, 2.45) is 5.41 Å². The van der Waals surface area contributed by atoms with Gasteiger partial charge in [-0.05, 0) is 43.7 Å². The minimum Gasteiger partial charge on any atom is -0.396 e. The second kappa shape index (κ2) is 8.06. The molecule has 0 aliphatic heterocycles. The fourth-order valence-electron chi connectivity index (χ4n) is 2.79. The van der Waals surface area contributed by atoms with Gasteiger partial charge in [-0.3, -0.25) is 9.89 Å². The van der Waals surface area contributed by atoms with Gasteiger partial charge in [0, 0.05) is 24.3 Å². The molecule has 2 aromatic rings. The van der Waals surface area contributed by atoms with Crippen LogP contribution >= 0.6 is 0 Å². The Morgan fingerprint density at radius 3 is 2.42 bits per heavy atom. The van der Waals surface area contributed by atoms with Crippen molar-refractivity contribution in [3.05, 3.63) is 35.7 Å². The maximum atomic E-state index is 12.4. The largest absolute Gasteiger partial charge is 0.396 e. The zero-order valence-electron chi connectivity index (χ0n) is 14.6. The highest BCUT2D eigenvalue weighted by Crippen LogP contribution is 2.29. The second-order valence-corrected chi connectivity index (χ2v) is 6.19. The molecule has 0 aliphatic carbocycles. The highest BCUT2D eigenvalue weighted by Gasteiger charge is 2.26. The van der Waals surface area contributed by atoms with E-state index in [9.17, 15) is 9.90 Å². The number of rotatable bonds is 8. The predicted octanol–water partition coefficient (Wildman–Crippen LogP) is 2.70. The number of hydrogen-bond acceptors (Lipinski definition) is 4. The van der Waals surface area contributed by atoms with Crippen LogP contribution in [0.2, 0.25) is 0 Å². The van der Waals surface area contributed by atoms with E-state index in [-0.39, 0.29) is 17.9 Å². The van der Waals surface area contributed by atoms with Crippen LogP contribution in [-0.2, 0) is 0 Å². The average Bonchev–Trinajstić information content (AvgIpc) is 3.05. The number of hydrogen-bond donors (Lipinski definition) is 3. The summed E-state index contributed by atoms with van der Waals surface area (Å²) in [6, 6.07) is 7.25. The lowest BCUT2D eigenvalue weighted by atomic mass is 9.79. The molecule has 130 valence electrons. The van der Waals surface area contributed by atoms with Gasteiger partial charge in [-0.25, -0.2) is 4.98 Å². The van der Waals surface area contributed by atoms with Crippen molar-refractivity contribution < 1.29 is 9.90 Å². The van der Waals surface area contributed by atoms with Crippen molar-refractivity contribution in [2.75, 3.05) is 13.2 Å². The fraction of sp³-hybridized carbons (Fsp3) is 0.500. The summed E-state index contributed by atoms with van der Waals surface area (Å²) >= 11 is 0. The Hall–Kier alpha value is -2.21. The smallest absolute Gasteiger partial charge is 0.251 e. The van der Waals surface area contributed by atoms with Crippen molar-refractivity contribution in [1.29, 1.82) is 0 Å².